The van der Waals surface area contributed by atoms with Crippen LogP contribution < -0.4 is 5.14 Å². The van der Waals surface area contributed by atoms with E-state index < -0.39 is 15.6 Å². The summed E-state index contributed by atoms with van der Waals surface area (Å²) in [5.74, 6) is 0.626. The van der Waals surface area contributed by atoms with Gasteiger partial charge in [-0.25, -0.2) is 18.5 Å². The summed E-state index contributed by atoms with van der Waals surface area (Å²) in [6.07, 6.45) is 0. The number of nitrogens with two attached hydrogens (primary N) is 1. The quantitative estimate of drug-likeness (QED) is 0.746. The predicted molar refractivity (Wildman–Crippen MR) is 94.0 cm³/mol. The number of benzene rings is 2. The summed E-state index contributed by atoms with van der Waals surface area (Å²) < 4.78 is 28.6. The van der Waals surface area contributed by atoms with E-state index >= 15 is 0 Å². The minimum atomic E-state index is -3.77. The van der Waals surface area contributed by atoms with Crippen molar-refractivity contribution in [1.82, 2.24) is 4.98 Å². The fourth-order valence-corrected chi connectivity index (χ4v) is 2.88. The molecule has 0 amide bonds. The Morgan fingerprint density at radius 1 is 1.00 bits per heavy atom. The molecule has 7 heteroatoms. The predicted octanol–water partition coefficient (Wildman–Crippen LogP) is 2.88. The molecule has 25 heavy (non-hydrogen) atoms. The molecule has 0 radical (unpaired) electrons. The van der Waals surface area contributed by atoms with Gasteiger partial charge in [-0.2, -0.15) is 0 Å². The molecule has 0 bridgehead atoms. The van der Waals surface area contributed by atoms with Gasteiger partial charge in [-0.1, -0.05) is 30.3 Å². The fourth-order valence-electron chi connectivity index (χ4n) is 2.37. The van der Waals surface area contributed by atoms with Gasteiger partial charge in [0.1, 0.15) is 11.3 Å². The van der Waals surface area contributed by atoms with Crippen molar-refractivity contribution in [1.29, 1.82) is 0 Å². The SMILES string of the molecule is CC(C)(O)c1nc(-c2ccccc2)c(-c2ccc(S(N)(=O)=O)cc2)o1. The molecule has 0 aliphatic heterocycles. The van der Waals surface area contributed by atoms with E-state index in [1.165, 1.54) is 12.1 Å². The number of hydrogen-bond acceptors (Lipinski definition) is 5. The highest BCUT2D eigenvalue weighted by Crippen LogP contribution is 2.35. The Labute approximate surface area is 146 Å². The number of hydrogen-bond donors (Lipinski definition) is 2. The van der Waals surface area contributed by atoms with E-state index in [-0.39, 0.29) is 10.8 Å². The lowest BCUT2D eigenvalue weighted by Crippen LogP contribution is -2.15. The lowest BCUT2D eigenvalue weighted by atomic mass is 10.1. The highest BCUT2D eigenvalue weighted by Gasteiger charge is 2.27. The molecule has 0 aliphatic carbocycles. The Hall–Kier alpha value is -2.48. The zero-order chi connectivity index (χ0) is 18.2. The van der Waals surface area contributed by atoms with E-state index in [4.69, 9.17) is 9.56 Å². The summed E-state index contributed by atoms with van der Waals surface area (Å²) in [7, 11) is -3.77. The van der Waals surface area contributed by atoms with Gasteiger partial charge in [0.25, 0.3) is 0 Å². The first kappa shape index (κ1) is 17.3. The van der Waals surface area contributed by atoms with Gasteiger partial charge in [0.15, 0.2) is 5.76 Å². The molecule has 3 aromatic rings. The van der Waals surface area contributed by atoms with E-state index in [9.17, 15) is 13.5 Å². The molecule has 0 atom stereocenters. The van der Waals surface area contributed by atoms with Gasteiger partial charge < -0.3 is 9.52 Å². The fraction of sp³-hybridized carbons (Fsp3) is 0.167. The van der Waals surface area contributed by atoms with Crippen molar-refractivity contribution < 1.29 is 17.9 Å². The van der Waals surface area contributed by atoms with Crippen molar-refractivity contribution in [2.75, 3.05) is 0 Å². The Morgan fingerprint density at radius 3 is 2.12 bits per heavy atom. The molecule has 0 saturated carbocycles. The smallest absolute Gasteiger partial charge is 0.238 e. The zero-order valence-corrected chi connectivity index (χ0v) is 14.6. The van der Waals surface area contributed by atoms with Crippen LogP contribution in [0.25, 0.3) is 22.6 Å². The minimum absolute atomic E-state index is 0.0136. The topological polar surface area (TPSA) is 106 Å². The molecule has 0 spiro atoms. The van der Waals surface area contributed by atoms with Crippen LogP contribution in [0.2, 0.25) is 0 Å². The molecular weight excluding hydrogens is 340 g/mol. The van der Waals surface area contributed by atoms with E-state index in [2.05, 4.69) is 4.98 Å². The van der Waals surface area contributed by atoms with Crippen molar-refractivity contribution in [3.63, 3.8) is 0 Å². The van der Waals surface area contributed by atoms with Crippen molar-refractivity contribution >= 4 is 10.0 Å². The van der Waals surface area contributed by atoms with Crippen LogP contribution in [0.5, 0.6) is 0 Å². The summed E-state index contributed by atoms with van der Waals surface area (Å²) in [4.78, 5) is 4.45. The summed E-state index contributed by atoms with van der Waals surface area (Å²) in [6, 6.07) is 15.4. The minimum Gasteiger partial charge on any atom is -0.437 e. The van der Waals surface area contributed by atoms with E-state index in [1.54, 1.807) is 26.0 Å². The molecule has 0 saturated heterocycles. The second kappa shape index (κ2) is 6.11. The summed E-state index contributed by atoms with van der Waals surface area (Å²) in [6.45, 7) is 3.17. The lowest BCUT2D eigenvalue weighted by Gasteiger charge is -2.11. The maximum atomic E-state index is 11.4. The van der Waals surface area contributed by atoms with Crippen LogP contribution in [-0.4, -0.2) is 18.5 Å². The van der Waals surface area contributed by atoms with Crippen LogP contribution in [0.4, 0.5) is 0 Å². The van der Waals surface area contributed by atoms with Gasteiger partial charge in [-0.15, -0.1) is 0 Å². The van der Waals surface area contributed by atoms with Crippen LogP contribution in [0, 0.1) is 0 Å². The molecule has 6 nitrogen and oxygen atoms in total. The van der Waals surface area contributed by atoms with Gasteiger partial charge in [0, 0.05) is 11.1 Å². The third-order valence-corrected chi connectivity index (χ3v) is 4.57. The number of oxazole rings is 1. The Kier molecular flexibility index (Phi) is 4.24. The highest BCUT2D eigenvalue weighted by molar-refractivity contribution is 7.89. The van der Waals surface area contributed by atoms with E-state index in [1.807, 2.05) is 30.3 Å². The summed E-state index contributed by atoms with van der Waals surface area (Å²) >= 11 is 0. The molecule has 1 heterocycles. The maximum absolute atomic E-state index is 11.4. The van der Waals surface area contributed by atoms with Crippen LogP contribution in [-0.2, 0) is 15.6 Å². The third-order valence-electron chi connectivity index (χ3n) is 3.64. The second-order valence-corrected chi connectivity index (χ2v) is 7.75. The lowest BCUT2D eigenvalue weighted by molar-refractivity contribution is 0.0490. The Morgan fingerprint density at radius 2 is 1.60 bits per heavy atom. The van der Waals surface area contributed by atoms with E-state index in [0.29, 0.717) is 17.0 Å². The molecule has 0 fully saturated rings. The number of sulfonamides is 1. The normalized spacial score (nSPS) is 12.3. The number of primary sulfonamides is 1. The van der Waals surface area contributed by atoms with E-state index in [0.717, 1.165) is 5.56 Å². The number of aromatic nitrogens is 1. The third kappa shape index (κ3) is 3.63. The van der Waals surface area contributed by atoms with Crippen LogP contribution in [0.15, 0.2) is 63.9 Å². The zero-order valence-electron chi connectivity index (χ0n) is 13.8. The van der Waals surface area contributed by atoms with Gasteiger partial charge >= 0.3 is 0 Å². The summed E-state index contributed by atoms with van der Waals surface area (Å²) in [5, 5.41) is 15.4. The van der Waals surface area contributed by atoms with Gasteiger partial charge in [0.2, 0.25) is 15.9 Å². The van der Waals surface area contributed by atoms with Crippen LogP contribution >= 0.6 is 0 Å². The monoisotopic (exact) mass is 358 g/mol. The number of rotatable bonds is 4. The van der Waals surface area contributed by atoms with Crippen LogP contribution in [0.3, 0.4) is 0 Å². The maximum Gasteiger partial charge on any atom is 0.238 e. The number of aliphatic hydroxyl groups is 1. The van der Waals surface area contributed by atoms with Gasteiger partial charge in [-0.05, 0) is 38.1 Å². The van der Waals surface area contributed by atoms with Crippen molar-refractivity contribution in [2.45, 2.75) is 24.3 Å². The van der Waals surface area contributed by atoms with Crippen molar-refractivity contribution in [3.8, 4) is 22.6 Å². The molecular formula is C18H18N2O4S. The average molecular weight is 358 g/mol. The van der Waals surface area contributed by atoms with Crippen molar-refractivity contribution in [2.24, 2.45) is 5.14 Å². The molecule has 0 unspecified atom stereocenters. The first-order valence-corrected chi connectivity index (χ1v) is 9.13. The Balaban J connectivity index is 2.16. The molecule has 3 N–H and O–H groups in total. The molecule has 1 aromatic heterocycles. The molecule has 0 aliphatic rings. The molecule has 2 aromatic carbocycles. The Bertz CT molecular complexity index is 986. The second-order valence-electron chi connectivity index (χ2n) is 6.19. The highest BCUT2D eigenvalue weighted by atomic mass is 32.2. The molecule has 130 valence electrons. The average Bonchev–Trinajstić information content (AvgIpc) is 3.00. The van der Waals surface area contributed by atoms with Gasteiger partial charge in [0.05, 0.1) is 4.90 Å². The first-order chi connectivity index (χ1) is 11.7. The van der Waals surface area contributed by atoms with Crippen molar-refractivity contribution in [3.05, 3.63) is 60.5 Å². The van der Waals surface area contributed by atoms with Gasteiger partial charge in [-0.3, -0.25) is 0 Å². The molecule has 3 rings (SSSR count). The largest absolute Gasteiger partial charge is 0.437 e. The standard InChI is InChI=1S/C18H18N2O4S/c1-18(2,21)17-20-15(12-6-4-3-5-7-12)16(24-17)13-8-10-14(11-9-13)25(19,22)23/h3-11,21H,1-2H3,(H2,19,22,23). The first-order valence-electron chi connectivity index (χ1n) is 7.58. The number of nitrogens with zero attached hydrogens (tertiary/aromatic N) is 1. The summed E-state index contributed by atoms with van der Waals surface area (Å²) in [5.41, 5.74) is 0.782. The van der Waals surface area contributed by atoms with Crippen LogP contribution in [0.1, 0.15) is 19.7 Å².